The van der Waals surface area contributed by atoms with E-state index in [1.807, 2.05) is 22.4 Å². The van der Waals surface area contributed by atoms with Gasteiger partial charge in [-0.15, -0.1) is 11.3 Å². The highest BCUT2D eigenvalue weighted by atomic mass is 32.1. The Labute approximate surface area is 124 Å². The van der Waals surface area contributed by atoms with Crippen LogP contribution in [0.25, 0.3) is 0 Å². The van der Waals surface area contributed by atoms with Crippen LogP contribution in [0.1, 0.15) is 35.4 Å². The van der Waals surface area contributed by atoms with Crippen molar-refractivity contribution in [1.29, 1.82) is 0 Å². The number of rotatable bonds is 2. The second-order valence-corrected chi connectivity index (χ2v) is 7.50. The molecule has 1 aromatic rings. The van der Waals surface area contributed by atoms with Gasteiger partial charge >= 0.3 is 0 Å². The molecule has 1 aromatic heterocycles. The van der Waals surface area contributed by atoms with Crippen LogP contribution in [0.15, 0.2) is 17.5 Å². The zero-order valence-electron chi connectivity index (χ0n) is 11.8. The molecule has 3 atom stereocenters. The van der Waals surface area contributed by atoms with Gasteiger partial charge in [0.25, 0.3) is 5.91 Å². The molecule has 0 N–H and O–H groups in total. The first-order valence-electron chi connectivity index (χ1n) is 7.88. The van der Waals surface area contributed by atoms with E-state index in [9.17, 15) is 4.79 Å². The number of hydrogen-bond donors (Lipinski definition) is 0. The van der Waals surface area contributed by atoms with Crippen LogP contribution in [0.4, 0.5) is 0 Å². The summed E-state index contributed by atoms with van der Waals surface area (Å²) >= 11 is 1.56. The van der Waals surface area contributed by atoms with E-state index in [2.05, 4.69) is 4.90 Å². The molecular formula is C16H22N2OS. The molecule has 3 aliphatic rings. The highest BCUT2D eigenvalue weighted by Crippen LogP contribution is 2.46. The summed E-state index contributed by atoms with van der Waals surface area (Å²) < 4.78 is 0. The molecule has 4 heteroatoms. The van der Waals surface area contributed by atoms with Crippen LogP contribution in [-0.2, 0) is 0 Å². The number of carbonyl (C=O) groups excluding carboxylic acids is 1. The van der Waals surface area contributed by atoms with Crippen molar-refractivity contribution in [3.8, 4) is 0 Å². The summed E-state index contributed by atoms with van der Waals surface area (Å²) in [6.45, 7) is 3.96. The standard InChI is InChI=1S/C16H22N2OS/c19-16(15-2-1-9-20-15)18-7-5-17(6-8-18)14-11-12-3-4-13(14)10-12/h1-2,9,12-14H,3-8,10-11H2/t12-,13-,14+/m0/s1. The summed E-state index contributed by atoms with van der Waals surface area (Å²) in [6.07, 6.45) is 5.81. The van der Waals surface area contributed by atoms with Gasteiger partial charge in [0, 0.05) is 32.2 Å². The van der Waals surface area contributed by atoms with Gasteiger partial charge in [-0.05, 0) is 42.5 Å². The van der Waals surface area contributed by atoms with Crippen LogP contribution in [0.3, 0.4) is 0 Å². The molecule has 2 aliphatic carbocycles. The summed E-state index contributed by atoms with van der Waals surface area (Å²) in [7, 11) is 0. The monoisotopic (exact) mass is 290 g/mol. The minimum Gasteiger partial charge on any atom is -0.335 e. The lowest BCUT2D eigenvalue weighted by molar-refractivity contribution is 0.0499. The van der Waals surface area contributed by atoms with Gasteiger partial charge < -0.3 is 4.90 Å². The maximum Gasteiger partial charge on any atom is 0.264 e. The molecule has 0 spiro atoms. The number of carbonyl (C=O) groups is 1. The van der Waals surface area contributed by atoms with Gasteiger partial charge in [0.1, 0.15) is 0 Å². The van der Waals surface area contributed by atoms with Crippen molar-refractivity contribution in [3.63, 3.8) is 0 Å². The van der Waals surface area contributed by atoms with Gasteiger partial charge in [-0.1, -0.05) is 12.5 Å². The lowest BCUT2D eigenvalue weighted by Crippen LogP contribution is -2.53. The smallest absolute Gasteiger partial charge is 0.264 e. The SMILES string of the molecule is O=C(c1cccs1)N1CCN([C@@H]2C[C@H]3CC[C@H]2C3)CC1. The average Bonchev–Trinajstić information content (AvgIpc) is 3.23. The molecule has 108 valence electrons. The molecule has 3 nitrogen and oxygen atoms in total. The first-order valence-corrected chi connectivity index (χ1v) is 8.76. The molecule has 3 fully saturated rings. The summed E-state index contributed by atoms with van der Waals surface area (Å²) in [6, 6.07) is 4.73. The highest BCUT2D eigenvalue weighted by Gasteiger charge is 2.42. The Bertz CT molecular complexity index is 479. The third-order valence-electron chi connectivity index (χ3n) is 5.50. The average molecular weight is 290 g/mol. The molecule has 1 amide bonds. The molecule has 2 bridgehead atoms. The highest BCUT2D eigenvalue weighted by molar-refractivity contribution is 7.12. The normalized spacial score (nSPS) is 33.8. The maximum absolute atomic E-state index is 12.3. The van der Waals surface area contributed by atoms with Gasteiger partial charge in [-0.25, -0.2) is 0 Å². The van der Waals surface area contributed by atoms with Crippen molar-refractivity contribution in [2.24, 2.45) is 11.8 Å². The van der Waals surface area contributed by atoms with Gasteiger partial charge in [0.05, 0.1) is 4.88 Å². The molecule has 4 rings (SSSR count). The Morgan fingerprint density at radius 3 is 2.60 bits per heavy atom. The molecule has 0 unspecified atom stereocenters. The zero-order chi connectivity index (χ0) is 13.5. The quantitative estimate of drug-likeness (QED) is 0.836. The van der Waals surface area contributed by atoms with E-state index < -0.39 is 0 Å². The van der Waals surface area contributed by atoms with Crippen molar-refractivity contribution >= 4 is 17.2 Å². The third kappa shape index (κ3) is 2.19. The Morgan fingerprint density at radius 1 is 1.15 bits per heavy atom. The minimum atomic E-state index is 0.229. The molecular weight excluding hydrogens is 268 g/mol. The van der Waals surface area contributed by atoms with Crippen LogP contribution in [0.2, 0.25) is 0 Å². The predicted octanol–water partition coefficient (Wildman–Crippen LogP) is 2.69. The topological polar surface area (TPSA) is 23.6 Å². The number of thiophene rings is 1. The van der Waals surface area contributed by atoms with Crippen molar-refractivity contribution in [2.75, 3.05) is 26.2 Å². The predicted molar refractivity (Wildman–Crippen MR) is 81.0 cm³/mol. The number of hydrogen-bond acceptors (Lipinski definition) is 3. The molecule has 0 aromatic carbocycles. The molecule has 1 aliphatic heterocycles. The number of amides is 1. The fourth-order valence-corrected chi connectivity index (χ4v) is 5.16. The van der Waals surface area contributed by atoms with Crippen LogP contribution in [0.5, 0.6) is 0 Å². The van der Waals surface area contributed by atoms with Crippen LogP contribution >= 0.6 is 11.3 Å². The lowest BCUT2D eigenvalue weighted by atomic mass is 9.93. The molecule has 2 heterocycles. The van der Waals surface area contributed by atoms with Gasteiger partial charge in [-0.2, -0.15) is 0 Å². The summed E-state index contributed by atoms with van der Waals surface area (Å²) in [5, 5.41) is 1.98. The molecule has 20 heavy (non-hydrogen) atoms. The van der Waals surface area contributed by atoms with E-state index in [0.717, 1.165) is 48.9 Å². The fraction of sp³-hybridized carbons (Fsp3) is 0.688. The fourth-order valence-electron chi connectivity index (χ4n) is 4.47. The Hall–Kier alpha value is -0.870. The van der Waals surface area contributed by atoms with E-state index >= 15 is 0 Å². The largest absolute Gasteiger partial charge is 0.335 e. The Morgan fingerprint density at radius 2 is 2.00 bits per heavy atom. The Kier molecular flexibility index (Phi) is 3.31. The number of piperazine rings is 1. The minimum absolute atomic E-state index is 0.229. The summed E-state index contributed by atoms with van der Waals surface area (Å²) in [5.74, 6) is 2.20. The van der Waals surface area contributed by atoms with E-state index in [1.165, 1.54) is 25.7 Å². The Balaban J connectivity index is 1.35. The van der Waals surface area contributed by atoms with Crippen molar-refractivity contribution in [2.45, 2.75) is 31.7 Å². The van der Waals surface area contributed by atoms with Crippen molar-refractivity contribution in [3.05, 3.63) is 22.4 Å². The molecule has 1 saturated heterocycles. The first-order chi connectivity index (χ1) is 9.81. The van der Waals surface area contributed by atoms with Crippen molar-refractivity contribution < 1.29 is 4.79 Å². The summed E-state index contributed by atoms with van der Waals surface area (Å²) in [4.78, 5) is 17.9. The van der Waals surface area contributed by atoms with E-state index in [0.29, 0.717) is 0 Å². The first kappa shape index (κ1) is 12.8. The van der Waals surface area contributed by atoms with Gasteiger partial charge in [0.15, 0.2) is 0 Å². The number of fused-ring (bicyclic) bond motifs is 2. The molecule has 2 saturated carbocycles. The third-order valence-corrected chi connectivity index (χ3v) is 6.36. The van der Waals surface area contributed by atoms with Crippen molar-refractivity contribution in [1.82, 2.24) is 9.80 Å². The van der Waals surface area contributed by atoms with E-state index in [4.69, 9.17) is 0 Å². The number of nitrogens with zero attached hydrogens (tertiary/aromatic N) is 2. The van der Waals surface area contributed by atoms with Gasteiger partial charge in [0.2, 0.25) is 0 Å². The van der Waals surface area contributed by atoms with Crippen LogP contribution < -0.4 is 0 Å². The van der Waals surface area contributed by atoms with E-state index in [1.54, 1.807) is 11.3 Å². The lowest BCUT2D eigenvalue weighted by Gasteiger charge is -2.40. The second-order valence-electron chi connectivity index (χ2n) is 6.55. The maximum atomic E-state index is 12.3. The molecule has 0 radical (unpaired) electrons. The van der Waals surface area contributed by atoms with Gasteiger partial charge in [-0.3, -0.25) is 9.69 Å². The van der Waals surface area contributed by atoms with Crippen LogP contribution in [-0.4, -0.2) is 47.9 Å². The second kappa shape index (κ2) is 5.15. The zero-order valence-corrected chi connectivity index (χ0v) is 12.6. The summed E-state index contributed by atoms with van der Waals surface area (Å²) in [5.41, 5.74) is 0. The van der Waals surface area contributed by atoms with Crippen LogP contribution in [0, 0.1) is 11.8 Å². The van der Waals surface area contributed by atoms with E-state index in [-0.39, 0.29) is 5.91 Å².